The highest BCUT2D eigenvalue weighted by Gasteiger charge is 2.31. The Hall–Kier alpha value is -3.61. The average molecular weight is 387 g/mol. The third kappa shape index (κ3) is 3.14. The summed E-state index contributed by atoms with van der Waals surface area (Å²) in [5.74, 6) is 0.421. The van der Waals surface area contributed by atoms with Crippen LogP contribution in [0.3, 0.4) is 0 Å². The molecule has 3 aromatic heterocycles. The Morgan fingerprint density at radius 3 is 2.69 bits per heavy atom. The molecule has 1 aliphatic heterocycles. The van der Waals surface area contributed by atoms with Crippen LogP contribution in [-0.2, 0) is 0 Å². The van der Waals surface area contributed by atoms with E-state index in [-0.39, 0.29) is 17.8 Å². The quantitative estimate of drug-likeness (QED) is 0.537. The second-order valence-corrected chi connectivity index (χ2v) is 7.09. The first-order chi connectivity index (χ1) is 14.2. The summed E-state index contributed by atoms with van der Waals surface area (Å²) >= 11 is 0. The summed E-state index contributed by atoms with van der Waals surface area (Å²) in [5.41, 5.74) is 2.96. The SMILES string of the molecule is O=C(c1cccnc1)N1CC[C@H](n2c(-c3ccc(F)cc3)nc3cccnc32)C1. The van der Waals surface area contributed by atoms with Crippen LogP contribution in [0.15, 0.2) is 67.1 Å². The third-order valence-electron chi connectivity index (χ3n) is 5.28. The third-order valence-corrected chi connectivity index (χ3v) is 5.28. The average Bonchev–Trinajstić information content (AvgIpc) is 3.39. The molecule has 1 amide bonds. The zero-order valence-corrected chi connectivity index (χ0v) is 15.6. The van der Waals surface area contributed by atoms with E-state index < -0.39 is 0 Å². The maximum atomic E-state index is 13.4. The van der Waals surface area contributed by atoms with Gasteiger partial charge in [0, 0.05) is 37.2 Å². The smallest absolute Gasteiger partial charge is 0.255 e. The number of carbonyl (C=O) groups excluding carboxylic acids is 1. The number of aromatic nitrogens is 4. The number of carbonyl (C=O) groups is 1. The van der Waals surface area contributed by atoms with Crippen molar-refractivity contribution in [3.8, 4) is 11.4 Å². The standard InChI is InChI=1S/C22H18FN5O/c23-17-7-5-15(6-8-17)20-26-19-4-2-11-25-21(19)28(20)18-9-12-27(14-18)22(29)16-3-1-10-24-13-16/h1-8,10-11,13,18H,9,12,14H2/t18-/m0/s1. The Labute approximate surface area is 166 Å². The highest BCUT2D eigenvalue weighted by Crippen LogP contribution is 2.32. The molecule has 144 valence electrons. The fraction of sp³-hybridized carbons (Fsp3) is 0.182. The van der Waals surface area contributed by atoms with Crippen LogP contribution in [0.1, 0.15) is 22.8 Å². The van der Waals surface area contributed by atoms with E-state index in [4.69, 9.17) is 4.98 Å². The number of benzene rings is 1. The van der Waals surface area contributed by atoms with Gasteiger partial charge in [0.1, 0.15) is 17.2 Å². The molecule has 1 fully saturated rings. The molecule has 1 atom stereocenters. The molecule has 0 N–H and O–H groups in total. The van der Waals surface area contributed by atoms with E-state index in [0.717, 1.165) is 29.0 Å². The fourth-order valence-corrected chi connectivity index (χ4v) is 3.89. The van der Waals surface area contributed by atoms with Gasteiger partial charge >= 0.3 is 0 Å². The molecule has 4 heterocycles. The van der Waals surface area contributed by atoms with Crippen molar-refractivity contribution >= 4 is 17.1 Å². The predicted molar refractivity (Wildman–Crippen MR) is 107 cm³/mol. The molecule has 0 bridgehead atoms. The summed E-state index contributed by atoms with van der Waals surface area (Å²) in [6.07, 6.45) is 5.78. The molecule has 29 heavy (non-hydrogen) atoms. The van der Waals surface area contributed by atoms with E-state index in [1.165, 1.54) is 12.1 Å². The van der Waals surface area contributed by atoms with Crippen LogP contribution in [-0.4, -0.2) is 43.4 Å². The van der Waals surface area contributed by atoms with Gasteiger partial charge in [-0.25, -0.2) is 14.4 Å². The number of fused-ring (bicyclic) bond motifs is 1. The van der Waals surface area contributed by atoms with Crippen molar-refractivity contribution in [2.75, 3.05) is 13.1 Å². The van der Waals surface area contributed by atoms with Crippen molar-refractivity contribution in [1.29, 1.82) is 0 Å². The summed E-state index contributed by atoms with van der Waals surface area (Å²) in [6.45, 7) is 1.21. The number of nitrogens with zero attached hydrogens (tertiary/aromatic N) is 5. The second-order valence-electron chi connectivity index (χ2n) is 7.09. The van der Waals surface area contributed by atoms with E-state index in [0.29, 0.717) is 18.7 Å². The summed E-state index contributed by atoms with van der Waals surface area (Å²) in [5, 5.41) is 0. The van der Waals surface area contributed by atoms with Gasteiger partial charge in [-0.3, -0.25) is 9.78 Å². The molecule has 1 aromatic carbocycles. The molecule has 0 radical (unpaired) electrons. The van der Waals surface area contributed by atoms with Crippen molar-refractivity contribution in [2.24, 2.45) is 0 Å². The molecule has 1 aliphatic rings. The van der Waals surface area contributed by atoms with Crippen molar-refractivity contribution in [3.05, 3.63) is 78.5 Å². The lowest BCUT2D eigenvalue weighted by Crippen LogP contribution is -2.29. The zero-order valence-electron chi connectivity index (χ0n) is 15.6. The van der Waals surface area contributed by atoms with Crippen LogP contribution in [0.5, 0.6) is 0 Å². The van der Waals surface area contributed by atoms with E-state index in [2.05, 4.69) is 14.5 Å². The largest absolute Gasteiger partial charge is 0.336 e. The Balaban J connectivity index is 1.52. The lowest BCUT2D eigenvalue weighted by molar-refractivity contribution is 0.0787. The molecule has 0 saturated carbocycles. The van der Waals surface area contributed by atoms with Crippen LogP contribution < -0.4 is 0 Å². The highest BCUT2D eigenvalue weighted by atomic mass is 19.1. The van der Waals surface area contributed by atoms with Crippen LogP contribution in [0.4, 0.5) is 4.39 Å². The molecule has 0 aliphatic carbocycles. The summed E-state index contributed by atoms with van der Waals surface area (Å²) in [6, 6.07) is 13.7. The van der Waals surface area contributed by atoms with Gasteiger partial charge in [-0.1, -0.05) is 0 Å². The van der Waals surface area contributed by atoms with Crippen LogP contribution in [0, 0.1) is 5.82 Å². The minimum Gasteiger partial charge on any atom is -0.336 e. The molecule has 1 saturated heterocycles. The lowest BCUT2D eigenvalue weighted by Gasteiger charge is -2.19. The van der Waals surface area contributed by atoms with Gasteiger partial charge in [0.05, 0.1) is 11.6 Å². The first kappa shape index (κ1) is 17.5. The topological polar surface area (TPSA) is 63.9 Å². The first-order valence-electron chi connectivity index (χ1n) is 9.49. The normalized spacial score (nSPS) is 16.4. The highest BCUT2D eigenvalue weighted by molar-refractivity contribution is 5.94. The van der Waals surface area contributed by atoms with E-state index in [1.807, 2.05) is 17.0 Å². The number of halogens is 1. The van der Waals surface area contributed by atoms with Crippen LogP contribution >= 0.6 is 0 Å². The van der Waals surface area contributed by atoms with Crippen LogP contribution in [0.25, 0.3) is 22.6 Å². The van der Waals surface area contributed by atoms with Crippen molar-refractivity contribution in [3.63, 3.8) is 0 Å². The van der Waals surface area contributed by atoms with Crippen LogP contribution in [0.2, 0.25) is 0 Å². The molecule has 5 rings (SSSR count). The number of imidazole rings is 1. The van der Waals surface area contributed by atoms with E-state index >= 15 is 0 Å². The Morgan fingerprint density at radius 2 is 1.90 bits per heavy atom. The van der Waals surface area contributed by atoms with E-state index in [1.54, 1.807) is 42.9 Å². The number of likely N-dealkylation sites (tertiary alicyclic amines) is 1. The van der Waals surface area contributed by atoms with Gasteiger partial charge in [0.25, 0.3) is 5.91 Å². The fourth-order valence-electron chi connectivity index (χ4n) is 3.89. The molecule has 0 unspecified atom stereocenters. The number of amides is 1. The van der Waals surface area contributed by atoms with Gasteiger partial charge in [-0.2, -0.15) is 0 Å². The zero-order chi connectivity index (χ0) is 19.8. The number of pyridine rings is 2. The number of hydrogen-bond donors (Lipinski definition) is 0. The summed E-state index contributed by atoms with van der Waals surface area (Å²) in [7, 11) is 0. The van der Waals surface area contributed by atoms with Gasteiger partial charge in [-0.15, -0.1) is 0 Å². The first-order valence-corrected chi connectivity index (χ1v) is 9.49. The van der Waals surface area contributed by atoms with Gasteiger partial charge in [-0.05, 0) is 55.0 Å². The molecular weight excluding hydrogens is 369 g/mol. The second kappa shape index (κ2) is 7.09. The van der Waals surface area contributed by atoms with Crippen molar-refractivity contribution < 1.29 is 9.18 Å². The molecule has 6 nitrogen and oxygen atoms in total. The van der Waals surface area contributed by atoms with Gasteiger partial charge in [0.2, 0.25) is 0 Å². The van der Waals surface area contributed by atoms with Gasteiger partial charge < -0.3 is 9.47 Å². The summed E-state index contributed by atoms with van der Waals surface area (Å²) in [4.78, 5) is 28.0. The number of rotatable bonds is 3. The van der Waals surface area contributed by atoms with E-state index in [9.17, 15) is 9.18 Å². The Bertz CT molecular complexity index is 1170. The number of hydrogen-bond acceptors (Lipinski definition) is 4. The molecule has 4 aromatic rings. The monoisotopic (exact) mass is 387 g/mol. The predicted octanol–water partition coefficient (Wildman–Crippen LogP) is 3.72. The Kier molecular flexibility index (Phi) is 4.27. The maximum Gasteiger partial charge on any atom is 0.255 e. The summed E-state index contributed by atoms with van der Waals surface area (Å²) < 4.78 is 15.5. The molecule has 0 spiro atoms. The van der Waals surface area contributed by atoms with Gasteiger partial charge in [0.15, 0.2) is 5.65 Å². The Morgan fingerprint density at radius 1 is 1.07 bits per heavy atom. The molecular formula is C22H18FN5O. The molecule has 7 heteroatoms. The van der Waals surface area contributed by atoms with Crippen molar-refractivity contribution in [1.82, 2.24) is 24.4 Å². The lowest BCUT2D eigenvalue weighted by atomic mass is 10.2. The minimum absolute atomic E-state index is 0.0266. The van der Waals surface area contributed by atoms with Crippen molar-refractivity contribution in [2.45, 2.75) is 12.5 Å². The minimum atomic E-state index is -0.288. The maximum absolute atomic E-state index is 13.4.